The Morgan fingerprint density at radius 3 is 2.50 bits per heavy atom. The molecule has 0 N–H and O–H groups in total. The zero-order chi connectivity index (χ0) is 16.6. The van der Waals surface area contributed by atoms with Crippen LogP contribution in [0, 0.1) is 0 Å². The Hall–Kier alpha value is -2.05. The number of rotatable bonds is 4. The van der Waals surface area contributed by atoms with E-state index >= 15 is 0 Å². The Morgan fingerprint density at radius 2 is 1.79 bits per heavy atom. The van der Waals surface area contributed by atoms with Crippen molar-refractivity contribution in [1.29, 1.82) is 0 Å². The third-order valence-corrected chi connectivity index (χ3v) is 6.18. The first-order valence-electron chi connectivity index (χ1n) is 8.09. The number of benzene rings is 2. The van der Waals surface area contributed by atoms with E-state index in [0.29, 0.717) is 18.1 Å². The molecular formula is C18H19NO4S. The highest BCUT2D eigenvalue weighted by Crippen LogP contribution is 2.35. The van der Waals surface area contributed by atoms with Crippen LogP contribution in [0.2, 0.25) is 0 Å². The second-order valence-electron chi connectivity index (χ2n) is 6.13. The molecule has 6 heteroatoms. The summed E-state index contributed by atoms with van der Waals surface area (Å²) in [6.07, 6.45) is 1.16. The molecule has 2 heterocycles. The highest BCUT2D eigenvalue weighted by Gasteiger charge is 2.27. The summed E-state index contributed by atoms with van der Waals surface area (Å²) in [6, 6.07) is 13.2. The molecule has 0 saturated carbocycles. The minimum absolute atomic E-state index is 0.0625. The lowest BCUT2D eigenvalue weighted by Crippen LogP contribution is -2.46. The number of hydrogen-bond donors (Lipinski definition) is 0. The summed E-state index contributed by atoms with van der Waals surface area (Å²) >= 11 is 0. The third kappa shape index (κ3) is 2.87. The second-order valence-corrected chi connectivity index (χ2v) is 8.08. The maximum Gasteiger partial charge on any atom is 0.206 e. The number of nitrogens with zero attached hydrogens (tertiary/aromatic N) is 1. The van der Waals surface area contributed by atoms with Gasteiger partial charge in [-0.1, -0.05) is 18.2 Å². The number of fused-ring (bicyclic) bond motifs is 1. The largest absolute Gasteiger partial charge is 0.486 e. The maximum atomic E-state index is 12.7. The fourth-order valence-corrected chi connectivity index (χ4v) is 4.24. The van der Waals surface area contributed by atoms with Crippen LogP contribution in [-0.4, -0.2) is 45.7 Å². The second kappa shape index (κ2) is 6.11. The van der Waals surface area contributed by atoms with Gasteiger partial charge in [-0.05, 0) is 43.8 Å². The van der Waals surface area contributed by atoms with Gasteiger partial charge in [0.1, 0.15) is 12.7 Å². The summed E-state index contributed by atoms with van der Waals surface area (Å²) < 4.78 is 37.2. The first kappa shape index (κ1) is 15.5. The minimum Gasteiger partial charge on any atom is -0.486 e. The molecule has 0 amide bonds. The van der Waals surface area contributed by atoms with Crippen LogP contribution in [0.4, 0.5) is 0 Å². The van der Waals surface area contributed by atoms with Gasteiger partial charge in [0, 0.05) is 12.6 Å². The van der Waals surface area contributed by atoms with Crippen LogP contribution >= 0.6 is 0 Å². The van der Waals surface area contributed by atoms with Crippen LogP contribution in [0.25, 0.3) is 0 Å². The Labute approximate surface area is 141 Å². The molecule has 1 fully saturated rings. The van der Waals surface area contributed by atoms with Gasteiger partial charge in [0.2, 0.25) is 9.84 Å². The number of sulfone groups is 1. The van der Waals surface area contributed by atoms with Gasteiger partial charge in [-0.15, -0.1) is 0 Å². The molecule has 0 radical (unpaired) electrons. The lowest BCUT2D eigenvalue weighted by molar-refractivity contribution is 0.0401. The molecule has 2 aliphatic rings. The Morgan fingerprint density at radius 1 is 1.00 bits per heavy atom. The predicted molar refractivity (Wildman–Crippen MR) is 89.3 cm³/mol. The molecule has 24 heavy (non-hydrogen) atoms. The SMILES string of the molecule is O=S(=O)(c1ccccc1)c1ccc2c(c1)OC(CN1CCC1)CO2. The molecule has 0 spiro atoms. The lowest BCUT2D eigenvalue weighted by Gasteiger charge is -2.35. The molecule has 2 aromatic rings. The van der Waals surface area contributed by atoms with Crippen molar-refractivity contribution < 1.29 is 17.9 Å². The molecule has 4 rings (SSSR count). The average molecular weight is 345 g/mol. The molecule has 2 aromatic carbocycles. The fourth-order valence-electron chi connectivity index (χ4n) is 2.94. The van der Waals surface area contributed by atoms with E-state index in [4.69, 9.17) is 9.47 Å². The summed E-state index contributed by atoms with van der Waals surface area (Å²) in [7, 11) is -3.55. The molecule has 0 aliphatic carbocycles. The van der Waals surface area contributed by atoms with Crippen molar-refractivity contribution in [3.05, 3.63) is 48.5 Å². The van der Waals surface area contributed by atoms with Crippen LogP contribution in [0.15, 0.2) is 58.3 Å². The number of hydrogen-bond acceptors (Lipinski definition) is 5. The van der Waals surface area contributed by atoms with Gasteiger partial charge < -0.3 is 9.47 Å². The quantitative estimate of drug-likeness (QED) is 0.851. The lowest BCUT2D eigenvalue weighted by atomic mass is 10.2. The predicted octanol–water partition coefficient (Wildman–Crippen LogP) is 2.36. The van der Waals surface area contributed by atoms with Crippen molar-refractivity contribution >= 4 is 9.84 Å². The first-order valence-corrected chi connectivity index (χ1v) is 9.57. The van der Waals surface area contributed by atoms with Gasteiger partial charge in [0.25, 0.3) is 0 Å². The Balaban J connectivity index is 1.60. The molecule has 0 bridgehead atoms. The van der Waals surface area contributed by atoms with Crippen molar-refractivity contribution in [3.8, 4) is 11.5 Å². The summed E-state index contributed by atoms with van der Waals surface area (Å²) in [4.78, 5) is 2.81. The highest BCUT2D eigenvalue weighted by molar-refractivity contribution is 7.91. The van der Waals surface area contributed by atoms with E-state index in [-0.39, 0.29) is 15.9 Å². The summed E-state index contributed by atoms with van der Waals surface area (Å²) in [5, 5.41) is 0. The van der Waals surface area contributed by atoms with Gasteiger partial charge in [-0.25, -0.2) is 8.42 Å². The van der Waals surface area contributed by atoms with Gasteiger partial charge in [-0.2, -0.15) is 0 Å². The average Bonchev–Trinajstić information content (AvgIpc) is 2.58. The molecule has 5 nitrogen and oxygen atoms in total. The van der Waals surface area contributed by atoms with Crippen LogP contribution in [0.5, 0.6) is 11.5 Å². The minimum atomic E-state index is -3.55. The van der Waals surface area contributed by atoms with Crippen molar-refractivity contribution in [1.82, 2.24) is 4.90 Å². The topological polar surface area (TPSA) is 55.8 Å². The Bertz CT molecular complexity index is 831. The summed E-state index contributed by atoms with van der Waals surface area (Å²) in [5.41, 5.74) is 0. The zero-order valence-corrected chi connectivity index (χ0v) is 14.0. The highest BCUT2D eigenvalue weighted by atomic mass is 32.2. The van der Waals surface area contributed by atoms with Crippen LogP contribution < -0.4 is 9.47 Å². The summed E-state index contributed by atoms with van der Waals surface area (Å²) in [6.45, 7) is 3.49. The van der Waals surface area contributed by atoms with E-state index in [1.165, 1.54) is 6.42 Å². The van der Waals surface area contributed by atoms with Crippen molar-refractivity contribution in [3.63, 3.8) is 0 Å². The zero-order valence-electron chi connectivity index (χ0n) is 13.2. The molecule has 126 valence electrons. The van der Waals surface area contributed by atoms with Crippen LogP contribution in [0.3, 0.4) is 0 Å². The molecule has 1 saturated heterocycles. The molecule has 1 atom stereocenters. The number of likely N-dealkylation sites (tertiary alicyclic amines) is 1. The van der Waals surface area contributed by atoms with Gasteiger partial charge in [0.05, 0.1) is 9.79 Å². The first-order chi connectivity index (χ1) is 11.6. The van der Waals surface area contributed by atoms with Gasteiger partial charge >= 0.3 is 0 Å². The maximum absolute atomic E-state index is 12.7. The van der Waals surface area contributed by atoms with E-state index in [2.05, 4.69) is 4.90 Å². The van der Waals surface area contributed by atoms with Crippen LogP contribution in [0.1, 0.15) is 6.42 Å². The molecular weight excluding hydrogens is 326 g/mol. The van der Waals surface area contributed by atoms with Crippen molar-refractivity contribution in [2.45, 2.75) is 22.3 Å². The van der Waals surface area contributed by atoms with E-state index in [0.717, 1.165) is 19.6 Å². The summed E-state index contributed by atoms with van der Waals surface area (Å²) in [5.74, 6) is 1.10. The van der Waals surface area contributed by atoms with Crippen molar-refractivity contribution in [2.24, 2.45) is 0 Å². The molecule has 0 aromatic heterocycles. The standard InChI is InChI=1S/C18H19NO4S/c20-24(21,15-5-2-1-3-6-15)16-7-8-17-18(11-16)23-14(13-22-17)12-19-9-4-10-19/h1-3,5-8,11,14H,4,9-10,12-13H2. The van der Waals surface area contributed by atoms with E-state index in [1.54, 1.807) is 48.5 Å². The van der Waals surface area contributed by atoms with E-state index in [9.17, 15) is 8.42 Å². The van der Waals surface area contributed by atoms with Crippen molar-refractivity contribution in [2.75, 3.05) is 26.2 Å². The molecule has 2 aliphatic heterocycles. The smallest absolute Gasteiger partial charge is 0.206 e. The Kier molecular flexibility index (Phi) is 3.94. The normalized spacial score (nSPS) is 20.4. The fraction of sp³-hybridized carbons (Fsp3) is 0.333. The van der Waals surface area contributed by atoms with E-state index in [1.807, 2.05) is 0 Å². The van der Waals surface area contributed by atoms with Gasteiger partial charge in [-0.3, -0.25) is 4.90 Å². The van der Waals surface area contributed by atoms with Crippen LogP contribution in [-0.2, 0) is 9.84 Å². The van der Waals surface area contributed by atoms with Gasteiger partial charge in [0.15, 0.2) is 11.5 Å². The molecule has 1 unspecified atom stereocenters. The number of ether oxygens (including phenoxy) is 2. The monoisotopic (exact) mass is 345 g/mol. The third-order valence-electron chi connectivity index (χ3n) is 4.41. The van der Waals surface area contributed by atoms with E-state index < -0.39 is 9.84 Å².